The van der Waals surface area contributed by atoms with Crippen molar-refractivity contribution in [1.82, 2.24) is 42.2 Å². The molecule has 468 valence electrons. The van der Waals surface area contributed by atoms with Crippen LogP contribution in [0.4, 0.5) is 5.69 Å². The zero-order valence-corrected chi connectivity index (χ0v) is 48.1. The lowest BCUT2D eigenvalue weighted by Gasteiger charge is -2.27. The molecule has 6 rings (SSSR count). The van der Waals surface area contributed by atoms with E-state index >= 15 is 0 Å². The van der Waals surface area contributed by atoms with Gasteiger partial charge in [0.25, 0.3) is 5.91 Å². The van der Waals surface area contributed by atoms with Gasteiger partial charge in [0.2, 0.25) is 47.5 Å². The number of hydrogen-bond donors (Lipinski definition) is 15. The summed E-state index contributed by atoms with van der Waals surface area (Å²) in [7, 11) is -3.47. The number of fused-ring (bicyclic) bond motifs is 2. The molecule has 0 spiro atoms. The Morgan fingerprint density at radius 2 is 1.33 bits per heavy atom. The second-order valence-corrected chi connectivity index (χ2v) is 21.1. The number of benzene rings is 4. The number of para-hydroxylation sites is 2. The molecule has 2 heterocycles. The molecule has 0 fully saturated rings. The number of anilines is 1. The molecule has 18 N–H and O–H groups in total. The van der Waals surface area contributed by atoms with Gasteiger partial charge in [0, 0.05) is 54.7 Å². The number of likely N-dealkylation sites (N-methyl/N-ethyl adjacent to an activating group) is 1. The highest BCUT2D eigenvalue weighted by atomic mass is 32.3. The molecule has 88 heavy (non-hydrogen) atoms. The van der Waals surface area contributed by atoms with E-state index in [4.69, 9.17) is 27.3 Å². The third-order valence-electron chi connectivity index (χ3n) is 13.4. The van der Waals surface area contributed by atoms with Gasteiger partial charge in [-0.2, -0.15) is 8.42 Å². The van der Waals surface area contributed by atoms with Crippen LogP contribution in [0.15, 0.2) is 119 Å². The molecule has 0 saturated heterocycles. The number of aliphatic hydroxyl groups is 1. The van der Waals surface area contributed by atoms with Crippen LogP contribution in [0.2, 0.25) is 0 Å². The van der Waals surface area contributed by atoms with Crippen molar-refractivity contribution in [3.05, 3.63) is 132 Å². The van der Waals surface area contributed by atoms with Gasteiger partial charge in [-0.1, -0.05) is 78.9 Å². The molecule has 31 nitrogen and oxygen atoms in total. The monoisotopic (exact) mass is 1240 g/mol. The van der Waals surface area contributed by atoms with Gasteiger partial charge in [0.15, 0.2) is 5.96 Å². The van der Waals surface area contributed by atoms with Crippen molar-refractivity contribution >= 4 is 97.9 Å². The summed E-state index contributed by atoms with van der Waals surface area (Å²) >= 11 is 0. The first-order chi connectivity index (χ1) is 41.7. The number of aliphatic hydroxyl groups excluding tert-OH is 1. The zero-order valence-electron chi connectivity index (χ0n) is 47.2. The first-order valence-corrected chi connectivity index (χ1v) is 28.4. The van der Waals surface area contributed by atoms with E-state index in [2.05, 4.69) is 51.4 Å². The van der Waals surface area contributed by atoms with Crippen LogP contribution in [-0.2, 0) is 71.2 Å². The predicted molar refractivity (Wildman–Crippen MR) is 315 cm³/mol. The maximum atomic E-state index is 14.5. The standard InChI is InChI=1S/C56H66N14O17S/c1-29(71)46(54(82)62-28-43(72)63-40(24-32-27-61-37-15-8-6-13-34(32)37)53(81)69-48-55(83)70(2)42-17-9-7-14-35(42)47(67-48)31-11-4-3-5-12-31)68-52(80)39(23-30-18-20-33(21-19-30)87-88(84,85)86)65-51(79)41(26-45(75)76)66-50(78)38(16-10-22-60-56(58)59)64-49(77)36(57)25-44(73)74/h3-9,11-15,17-21,27,29,36,38-41,46,48,61,71H,10,16,22-26,28,57H2,1-2H3,(H,62,82)(H,63,72)(H,64,77)(H,65,79)(H,66,78)(H,68,80)(H,69,81)(H,73,74)(H,75,76)(H4,58,59,60)(H,84,85,86)/t29-,36+,38+,39+,40+,41+,46+,48?/m1/s1. The highest BCUT2D eigenvalue weighted by Gasteiger charge is 2.37. The maximum absolute atomic E-state index is 14.5. The van der Waals surface area contributed by atoms with Gasteiger partial charge < -0.3 is 83.8 Å². The van der Waals surface area contributed by atoms with E-state index in [1.165, 1.54) is 24.1 Å². The Kier molecular flexibility index (Phi) is 23.3. The third kappa shape index (κ3) is 19.4. The summed E-state index contributed by atoms with van der Waals surface area (Å²) in [5.74, 6) is -12.3. The lowest BCUT2D eigenvalue weighted by Crippen LogP contribution is -2.61. The van der Waals surface area contributed by atoms with Gasteiger partial charge in [-0.05, 0) is 55.2 Å². The van der Waals surface area contributed by atoms with Gasteiger partial charge in [-0.3, -0.25) is 57.5 Å². The summed E-state index contributed by atoms with van der Waals surface area (Å²) in [5, 5.41) is 47.3. The number of aromatic nitrogens is 1. The SMILES string of the molecule is C[C@@H](O)[C@H](NC(=O)[C@H](Cc1ccc(OS(=O)(=O)O)cc1)NC(=O)[C@H](CC(=O)O)NC(=O)[C@H](CCCN=C(N)N)NC(=O)[C@@H](N)CC(=O)O)C(=O)NCC(=O)N[C@@H](Cc1c[nH]c2ccccc12)C(=O)NC1N=C(c2ccccc2)c2ccccc2N(C)C1=O. The lowest BCUT2D eigenvalue weighted by molar-refractivity contribution is -0.141. The van der Waals surface area contributed by atoms with Gasteiger partial charge in [-0.15, -0.1) is 0 Å². The molecular weight excluding hydrogens is 1170 g/mol. The van der Waals surface area contributed by atoms with Crippen molar-refractivity contribution < 1.29 is 80.4 Å². The van der Waals surface area contributed by atoms with Gasteiger partial charge in [-0.25, -0.2) is 4.99 Å². The van der Waals surface area contributed by atoms with Crippen molar-refractivity contribution in [2.45, 2.75) is 94.0 Å². The van der Waals surface area contributed by atoms with Gasteiger partial charge in [0.05, 0.1) is 42.9 Å². The second-order valence-electron chi connectivity index (χ2n) is 20.1. The van der Waals surface area contributed by atoms with Crippen LogP contribution in [-0.4, -0.2) is 173 Å². The normalized spacial score (nSPS) is 15.3. The highest BCUT2D eigenvalue weighted by molar-refractivity contribution is 7.81. The summed E-state index contributed by atoms with van der Waals surface area (Å²) in [6, 6.07) is 17.1. The summed E-state index contributed by atoms with van der Waals surface area (Å²) in [4.78, 5) is 148. The molecule has 1 aliphatic heterocycles. The minimum atomic E-state index is -5.00. The number of rotatable bonds is 30. The molecule has 0 radical (unpaired) electrons. The van der Waals surface area contributed by atoms with E-state index in [1.807, 2.05) is 0 Å². The molecule has 1 aromatic heterocycles. The number of aliphatic imine (C=N–C) groups is 2. The van der Waals surface area contributed by atoms with Crippen molar-refractivity contribution in [3.8, 4) is 5.75 Å². The van der Waals surface area contributed by atoms with Crippen molar-refractivity contribution in [2.75, 3.05) is 25.0 Å². The Hall–Kier alpha value is -10.3. The summed E-state index contributed by atoms with van der Waals surface area (Å²) < 4.78 is 36.4. The van der Waals surface area contributed by atoms with E-state index in [0.717, 1.165) is 19.1 Å². The number of amides is 8. The van der Waals surface area contributed by atoms with Crippen LogP contribution in [0.1, 0.15) is 54.9 Å². The first kappa shape index (κ1) is 66.8. The van der Waals surface area contributed by atoms with Crippen molar-refractivity contribution in [2.24, 2.45) is 27.2 Å². The topological polar surface area (TPSA) is 501 Å². The quantitative estimate of drug-likeness (QED) is 0.00966. The first-order valence-electron chi connectivity index (χ1n) is 27.0. The third-order valence-corrected chi connectivity index (χ3v) is 13.8. The fourth-order valence-electron chi connectivity index (χ4n) is 9.10. The smallest absolute Gasteiger partial charge is 0.446 e. The molecule has 4 aromatic carbocycles. The number of aliphatic carboxylic acids is 2. The molecular formula is C56H66N14O17S. The van der Waals surface area contributed by atoms with Crippen molar-refractivity contribution in [1.29, 1.82) is 0 Å². The summed E-state index contributed by atoms with van der Waals surface area (Å²) in [6.45, 7) is 0.116. The Morgan fingerprint density at radius 1 is 0.727 bits per heavy atom. The Balaban J connectivity index is 1.22. The number of H-pyrrole nitrogens is 1. The second kappa shape index (κ2) is 30.7. The van der Waals surface area contributed by atoms with Crippen LogP contribution in [0, 0.1) is 0 Å². The number of nitrogens with two attached hydrogens (primary N) is 3. The molecule has 0 aliphatic carbocycles. The Bertz CT molecular complexity index is 3580. The average molecular weight is 1240 g/mol. The molecule has 8 amide bonds. The molecule has 8 atom stereocenters. The van der Waals surface area contributed by atoms with E-state index in [1.54, 1.807) is 85.1 Å². The number of aromatic amines is 1. The Labute approximate surface area is 502 Å². The molecule has 0 bridgehead atoms. The minimum Gasteiger partial charge on any atom is -0.481 e. The van der Waals surface area contributed by atoms with E-state index in [9.17, 15) is 71.1 Å². The maximum Gasteiger partial charge on any atom is 0.446 e. The molecule has 0 saturated carbocycles. The number of benzodiazepines with no additional fused rings is 1. The van der Waals surface area contributed by atoms with Crippen LogP contribution in [0.3, 0.4) is 0 Å². The van der Waals surface area contributed by atoms with Crippen molar-refractivity contribution in [3.63, 3.8) is 0 Å². The van der Waals surface area contributed by atoms with Crippen LogP contribution in [0.25, 0.3) is 10.9 Å². The molecule has 5 aromatic rings. The molecule has 1 unspecified atom stereocenters. The van der Waals surface area contributed by atoms with E-state index < -0.39 is 150 Å². The van der Waals surface area contributed by atoms with Crippen LogP contribution < -0.4 is 63.5 Å². The minimum absolute atomic E-state index is 0.00672. The van der Waals surface area contributed by atoms with Gasteiger partial charge >= 0.3 is 22.3 Å². The molecule has 1 aliphatic rings. The predicted octanol–water partition coefficient (Wildman–Crippen LogP) is -2.66. The number of nitrogens with zero attached hydrogens (tertiary/aromatic N) is 3. The highest BCUT2D eigenvalue weighted by Crippen LogP contribution is 2.28. The fraction of sp³-hybridized carbons (Fsp3) is 0.321. The van der Waals surface area contributed by atoms with Gasteiger partial charge in [0.1, 0.15) is 36.0 Å². The number of carboxylic acids is 2. The number of carbonyl (C=O) groups is 10. The lowest BCUT2D eigenvalue weighted by atomic mass is 10.0. The number of hydrogen-bond acceptors (Lipinski definition) is 17. The van der Waals surface area contributed by atoms with Crippen LogP contribution >= 0.6 is 0 Å². The summed E-state index contributed by atoms with van der Waals surface area (Å²) in [6.07, 6.45) is -4.63. The van der Waals surface area contributed by atoms with E-state index in [0.29, 0.717) is 39.0 Å². The summed E-state index contributed by atoms with van der Waals surface area (Å²) in [5.41, 5.74) is 20.0. The number of carboxylic acid groups (broad SMARTS) is 2. The van der Waals surface area contributed by atoms with E-state index in [-0.39, 0.29) is 37.3 Å². The Morgan fingerprint density at radius 3 is 1.99 bits per heavy atom. The molecule has 32 heteroatoms. The number of nitrogens with one attached hydrogen (secondary N) is 8. The zero-order chi connectivity index (χ0) is 64.4. The largest absolute Gasteiger partial charge is 0.481 e. The van der Waals surface area contributed by atoms with Crippen LogP contribution in [0.5, 0.6) is 5.75 Å². The fourth-order valence-corrected chi connectivity index (χ4v) is 9.45. The number of guanidine groups is 1. The number of carbonyl (C=O) groups excluding carboxylic acids is 8. The average Bonchev–Trinajstić information content (AvgIpc) is 1.89.